The third-order valence-electron chi connectivity index (χ3n) is 4.41. The summed E-state index contributed by atoms with van der Waals surface area (Å²) in [6.07, 6.45) is 0.247. The SMILES string of the molecule is CC(C)(C)N1CCC(F)(C(=O)Nc2ccc(Br)cc2C(N)=O)CC1. The Morgan fingerprint density at radius 2 is 1.88 bits per heavy atom. The van der Waals surface area contributed by atoms with E-state index in [0.717, 1.165) is 0 Å². The molecule has 1 aromatic carbocycles. The Bertz CT molecular complexity index is 650. The van der Waals surface area contributed by atoms with Gasteiger partial charge in [0, 0.05) is 35.9 Å². The molecule has 5 nitrogen and oxygen atoms in total. The first-order valence-electron chi connectivity index (χ1n) is 7.88. The largest absolute Gasteiger partial charge is 0.366 e. The summed E-state index contributed by atoms with van der Waals surface area (Å²) in [5, 5.41) is 2.53. The van der Waals surface area contributed by atoms with Crippen molar-refractivity contribution >= 4 is 33.4 Å². The lowest BCUT2D eigenvalue weighted by Gasteiger charge is -2.42. The van der Waals surface area contributed by atoms with Gasteiger partial charge in [-0.05, 0) is 39.0 Å². The predicted molar refractivity (Wildman–Crippen MR) is 95.7 cm³/mol. The van der Waals surface area contributed by atoms with Gasteiger partial charge in [-0.2, -0.15) is 0 Å². The smallest absolute Gasteiger partial charge is 0.262 e. The summed E-state index contributed by atoms with van der Waals surface area (Å²) in [5.74, 6) is -1.40. The number of hydrogen-bond donors (Lipinski definition) is 2. The van der Waals surface area contributed by atoms with Crippen molar-refractivity contribution in [2.24, 2.45) is 5.73 Å². The van der Waals surface area contributed by atoms with Crippen molar-refractivity contribution in [1.82, 2.24) is 4.90 Å². The fraction of sp³-hybridized carbons (Fsp3) is 0.529. The van der Waals surface area contributed by atoms with Gasteiger partial charge in [0.05, 0.1) is 11.3 Å². The molecule has 1 aliphatic heterocycles. The van der Waals surface area contributed by atoms with E-state index in [0.29, 0.717) is 17.6 Å². The molecule has 24 heavy (non-hydrogen) atoms. The van der Waals surface area contributed by atoms with Crippen LogP contribution < -0.4 is 11.1 Å². The molecule has 0 spiro atoms. The van der Waals surface area contributed by atoms with Gasteiger partial charge in [-0.15, -0.1) is 0 Å². The minimum absolute atomic E-state index is 0.0529. The zero-order chi connectivity index (χ0) is 18.1. The number of benzene rings is 1. The Balaban J connectivity index is 2.12. The van der Waals surface area contributed by atoms with Crippen LogP contribution in [-0.2, 0) is 4.79 Å². The zero-order valence-electron chi connectivity index (χ0n) is 14.2. The van der Waals surface area contributed by atoms with Crippen molar-refractivity contribution in [3.63, 3.8) is 0 Å². The van der Waals surface area contributed by atoms with Crippen molar-refractivity contribution in [2.75, 3.05) is 18.4 Å². The van der Waals surface area contributed by atoms with Crippen LogP contribution in [0.3, 0.4) is 0 Å². The standard InChI is InChI=1S/C17H23BrFN3O2/c1-16(2,3)22-8-6-17(19,7-9-22)15(24)21-13-5-4-11(18)10-12(13)14(20)23/h4-5,10H,6-9H2,1-3H3,(H2,20,23)(H,21,24). The number of primary amides is 1. The van der Waals surface area contributed by atoms with Crippen molar-refractivity contribution in [2.45, 2.75) is 44.8 Å². The van der Waals surface area contributed by atoms with E-state index in [1.165, 1.54) is 12.1 Å². The molecule has 0 aliphatic carbocycles. The first-order valence-corrected chi connectivity index (χ1v) is 8.67. The monoisotopic (exact) mass is 399 g/mol. The summed E-state index contributed by atoms with van der Waals surface area (Å²) < 4.78 is 15.7. The van der Waals surface area contributed by atoms with Crippen LogP contribution >= 0.6 is 15.9 Å². The van der Waals surface area contributed by atoms with E-state index in [1.54, 1.807) is 6.07 Å². The number of anilines is 1. The van der Waals surface area contributed by atoms with E-state index in [9.17, 15) is 9.59 Å². The van der Waals surface area contributed by atoms with Crippen LogP contribution in [0.2, 0.25) is 0 Å². The fourth-order valence-corrected chi connectivity index (χ4v) is 3.18. The molecule has 2 rings (SSSR count). The summed E-state index contributed by atoms with van der Waals surface area (Å²) in [6.45, 7) is 7.23. The van der Waals surface area contributed by atoms with Gasteiger partial charge in [-0.3, -0.25) is 14.5 Å². The van der Waals surface area contributed by atoms with Crippen molar-refractivity contribution < 1.29 is 14.0 Å². The number of carbonyl (C=O) groups is 2. The summed E-state index contributed by atoms with van der Waals surface area (Å²) in [4.78, 5) is 26.1. The van der Waals surface area contributed by atoms with Crippen LogP contribution in [0.15, 0.2) is 22.7 Å². The number of halogens is 2. The number of nitrogens with two attached hydrogens (primary N) is 1. The maximum Gasteiger partial charge on any atom is 0.262 e. The molecule has 1 saturated heterocycles. The molecule has 0 saturated carbocycles. The minimum atomic E-state index is -1.94. The normalized spacial score (nSPS) is 18.2. The number of nitrogens with zero attached hydrogens (tertiary/aromatic N) is 1. The molecule has 1 fully saturated rings. The summed E-state index contributed by atoms with van der Waals surface area (Å²) >= 11 is 3.24. The van der Waals surface area contributed by atoms with Gasteiger partial charge >= 0.3 is 0 Å². The van der Waals surface area contributed by atoms with Crippen LogP contribution in [-0.4, -0.2) is 41.0 Å². The third kappa shape index (κ3) is 4.13. The highest BCUT2D eigenvalue weighted by atomic mass is 79.9. The Morgan fingerprint density at radius 3 is 2.38 bits per heavy atom. The molecule has 0 bridgehead atoms. The van der Waals surface area contributed by atoms with Crippen molar-refractivity contribution in [1.29, 1.82) is 0 Å². The van der Waals surface area contributed by atoms with Gasteiger partial charge in [0.15, 0.2) is 5.67 Å². The van der Waals surface area contributed by atoms with Crippen molar-refractivity contribution in [3.05, 3.63) is 28.2 Å². The molecule has 0 radical (unpaired) electrons. The Kier molecular flexibility index (Phi) is 5.34. The van der Waals surface area contributed by atoms with Gasteiger partial charge in [0.2, 0.25) is 0 Å². The molecule has 0 unspecified atom stereocenters. The predicted octanol–water partition coefficient (Wildman–Crippen LogP) is 3.09. The van der Waals surface area contributed by atoms with Crippen LogP contribution in [0, 0.1) is 0 Å². The lowest BCUT2D eigenvalue weighted by molar-refractivity contribution is -0.131. The summed E-state index contributed by atoms with van der Waals surface area (Å²) in [5.41, 5.74) is 3.71. The van der Waals surface area contributed by atoms with Gasteiger partial charge in [0.1, 0.15) is 0 Å². The molecule has 1 heterocycles. The molecule has 1 aromatic rings. The van der Waals surface area contributed by atoms with Gasteiger partial charge in [-0.25, -0.2) is 4.39 Å². The average Bonchev–Trinajstić information content (AvgIpc) is 2.48. The van der Waals surface area contributed by atoms with Crippen molar-refractivity contribution in [3.8, 4) is 0 Å². The molecular formula is C17H23BrFN3O2. The quantitative estimate of drug-likeness (QED) is 0.819. The molecule has 0 aromatic heterocycles. The van der Waals surface area contributed by atoms with E-state index in [2.05, 4.69) is 46.9 Å². The van der Waals surface area contributed by atoms with Gasteiger partial charge in [-0.1, -0.05) is 15.9 Å². The van der Waals surface area contributed by atoms with E-state index in [-0.39, 0.29) is 29.6 Å². The average molecular weight is 400 g/mol. The van der Waals surface area contributed by atoms with E-state index in [4.69, 9.17) is 5.73 Å². The lowest BCUT2D eigenvalue weighted by atomic mass is 9.89. The van der Waals surface area contributed by atoms with Gasteiger partial charge < -0.3 is 11.1 Å². The number of carbonyl (C=O) groups excluding carboxylic acids is 2. The molecule has 1 aliphatic rings. The number of likely N-dealkylation sites (tertiary alicyclic amines) is 1. The fourth-order valence-electron chi connectivity index (χ4n) is 2.82. The molecule has 132 valence electrons. The second-order valence-corrected chi connectivity index (χ2v) is 8.05. The minimum Gasteiger partial charge on any atom is -0.366 e. The lowest BCUT2D eigenvalue weighted by Crippen LogP contribution is -2.53. The first kappa shape index (κ1) is 18.9. The van der Waals surface area contributed by atoms with Gasteiger partial charge in [0.25, 0.3) is 11.8 Å². The highest BCUT2D eigenvalue weighted by Crippen LogP contribution is 2.32. The number of rotatable bonds is 3. The molecule has 3 N–H and O–H groups in total. The Hall–Kier alpha value is -1.47. The molecule has 0 atom stereocenters. The highest BCUT2D eigenvalue weighted by molar-refractivity contribution is 9.10. The molecule has 2 amide bonds. The summed E-state index contributed by atoms with van der Waals surface area (Å²) in [6, 6.07) is 4.70. The number of amides is 2. The van der Waals surface area contributed by atoms with Crippen LogP contribution in [0.1, 0.15) is 44.0 Å². The molecule has 7 heteroatoms. The number of piperidine rings is 1. The topological polar surface area (TPSA) is 75.4 Å². The number of alkyl halides is 1. The number of hydrogen-bond acceptors (Lipinski definition) is 3. The Morgan fingerprint density at radius 1 is 1.29 bits per heavy atom. The van der Waals surface area contributed by atoms with E-state index >= 15 is 4.39 Å². The number of nitrogens with one attached hydrogen (secondary N) is 1. The van der Waals surface area contributed by atoms with E-state index < -0.39 is 17.5 Å². The van der Waals surface area contributed by atoms with Crippen LogP contribution in [0.4, 0.5) is 10.1 Å². The van der Waals surface area contributed by atoms with Crippen LogP contribution in [0.25, 0.3) is 0 Å². The third-order valence-corrected chi connectivity index (χ3v) is 4.90. The molecular weight excluding hydrogens is 377 g/mol. The first-order chi connectivity index (χ1) is 11.0. The van der Waals surface area contributed by atoms with Crippen LogP contribution in [0.5, 0.6) is 0 Å². The maximum atomic E-state index is 15.1. The second kappa shape index (κ2) is 6.80. The highest BCUT2D eigenvalue weighted by Gasteiger charge is 2.43. The second-order valence-electron chi connectivity index (χ2n) is 7.13. The summed E-state index contributed by atoms with van der Waals surface area (Å²) in [7, 11) is 0. The van der Waals surface area contributed by atoms with E-state index in [1.807, 2.05) is 0 Å². The Labute approximate surface area is 149 Å². The maximum absolute atomic E-state index is 15.1. The zero-order valence-corrected chi connectivity index (χ0v) is 15.7.